The fraction of sp³-hybridized carbons (Fsp3) is 0.294. The molecule has 0 bridgehead atoms. The monoisotopic (exact) mass is 317 g/mol. The van der Waals surface area contributed by atoms with E-state index in [1.807, 2.05) is 7.05 Å². The lowest BCUT2D eigenvalue weighted by Crippen LogP contribution is -2.18. The van der Waals surface area contributed by atoms with E-state index in [2.05, 4.69) is 77.6 Å². The Hall–Kier alpha value is -1.12. The average Bonchev–Trinajstić information content (AvgIpc) is 2.42. The van der Waals surface area contributed by atoms with Crippen molar-refractivity contribution in [1.82, 2.24) is 5.32 Å². The van der Waals surface area contributed by atoms with E-state index in [1.54, 1.807) is 0 Å². The lowest BCUT2D eigenvalue weighted by molar-refractivity contribution is 0.687. The molecule has 0 heterocycles. The van der Waals surface area contributed by atoms with Crippen LogP contribution in [0.4, 0.5) is 0 Å². The summed E-state index contributed by atoms with van der Waals surface area (Å²) in [4.78, 5) is 0. The van der Waals surface area contributed by atoms with Gasteiger partial charge in [-0.3, -0.25) is 0 Å². The minimum atomic E-state index is 0.224. The van der Waals surface area contributed by atoms with Crippen LogP contribution in [0, 0.1) is 6.92 Å². The zero-order valence-electron chi connectivity index (χ0n) is 11.7. The fourth-order valence-electron chi connectivity index (χ4n) is 2.36. The van der Waals surface area contributed by atoms with E-state index in [9.17, 15) is 0 Å². The summed E-state index contributed by atoms with van der Waals surface area (Å²) < 4.78 is 1.16. The molecule has 1 N–H and O–H groups in total. The standard InChI is InChI=1S/C17H20BrN/c1-4-13-6-5-7-14(11-13)17(19-3)15-9-8-12(2)10-16(15)18/h5-11,17,19H,4H2,1-3H3. The Balaban J connectivity index is 2.43. The zero-order chi connectivity index (χ0) is 13.8. The number of rotatable bonds is 4. The summed E-state index contributed by atoms with van der Waals surface area (Å²) in [6.45, 7) is 4.30. The highest BCUT2D eigenvalue weighted by molar-refractivity contribution is 9.10. The molecule has 0 saturated carbocycles. The number of benzene rings is 2. The van der Waals surface area contributed by atoms with Crippen molar-refractivity contribution >= 4 is 15.9 Å². The molecule has 0 aliphatic rings. The fourth-order valence-corrected chi connectivity index (χ4v) is 3.08. The third kappa shape index (κ3) is 3.26. The van der Waals surface area contributed by atoms with Gasteiger partial charge in [-0.1, -0.05) is 59.3 Å². The first kappa shape index (κ1) is 14.3. The predicted octanol–water partition coefficient (Wildman–Crippen LogP) is 4.63. The molecule has 1 nitrogen and oxygen atoms in total. The van der Waals surface area contributed by atoms with Gasteiger partial charge in [-0.25, -0.2) is 0 Å². The normalized spacial score (nSPS) is 12.4. The summed E-state index contributed by atoms with van der Waals surface area (Å²) in [5.74, 6) is 0. The first-order valence-corrected chi connectivity index (χ1v) is 7.47. The Morgan fingerprint density at radius 1 is 1.16 bits per heavy atom. The van der Waals surface area contributed by atoms with Crippen molar-refractivity contribution in [3.63, 3.8) is 0 Å². The van der Waals surface area contributed by atoms with Crippen LogP contribution >= 0.6 is 15.9 Å². The van der Waals surface area contributed by atoms with Crippen LogP contribution in [0.1, 0.15) is 35.2 Å². The largest absolute Gasteiger partial charge is 0.309 e. The van der Waals surface area contributed by atoms with E-state index in [1.165, 1.54) is 22.3 Å². The third-order valence-electron chi connectivity index (χ3n) is 3.45. The molecule has 0 amide bonds. The maximum absolute atomic E-state index is 3.68. The quantitative estimate of drug-likeness (QED) is 0.867. The maximum atomic E-state index is 3.68. The van der Waals surface area contributed by atoms with Crippen LogP contribution in [0.5, 0.6) is 0 Å². The van der Waals surface area contributed by atoms with Gasteiger partial charge in [0.1, 0.15) is 0 Å². The van der Waals surface area contributed by atoms with Crippen molar-refractivity contribution < 1.29 is 0 Å². The van der Waals surface area contributed by atoms with E-state index < -0.39 is 0 Å². The van der Waals surface area contributed by atoms with Gasteiger partial charge >= 0.3 is 0 Å². The topological polar surface area (TPSA) is 12.0 Å². The van der Waals surface area contributed by atoms with Crippen LogP contribution in [0.25, 0.3) is 0 Å². The molecule has 0 radical (unpaired) electrons. The summed E-state index contributed by atoms with van der Waals surface area (Å²) in [6.07, 6.45) is 1.07. The van der Waals surface area contributed by atoms with Gasteiger partial charge in [-0.05, 0) is 48.7 Å². The second-order valence-electron chi connectivity index (χ2n) is 4.85. The van der Waals surface area contributed by atoms with Gasteiger partial charge in [0, 0.05) is 4.47 Å². The summed E-state index contributed by atoms with van der Waals surface area (Å²) in [5, 5.41) is 3.42. The highest BCUT2D eigenvalue weighted by atomic mass is 79.9. The number of nitrogens with one attached hydrogen (secondary N) is 1. The molecular weight excluding hydrogens is 298 g/mol. The number of aryl methyl sites for hydroxylation is 2. The molecule has 0 fully saturated rings. The molecule has 2 rings (SSSR count). The first-order valence-electron chi connectivity index (χ1n) is 6.68. The van der Waals surface area contributed by atoms with E-state index in [4.69, 9.17) is 0 Å². The molecule has 0 saturated heterocycles. The molecule has 0 aliphatic heterocycles. The van der Waals surface area contributed by atoms with E-state index >= 15 is 0 Å². The number of hydrogen-bond donors (Lipinski definition) is 1. The molecular formula is C17H20BrN. The average molecular weight is 318 g/mol. The van der Waals surface area contributed by atoms with Gasteiger partial charge in [0.25, 0.3) is 0 Å². The highest BCUT2D eigenvalue weighted by Gasteiger charge is 2.15. The van der Waals surface area contributed by atoms with Crippen LogP contribution in [-0.2, 0) is 6.42 Å². The highest BCUT2D eigenvalue weighted by Crippen LogP contribution is 2.29. The summed E-state index contributed by atoms with van der Waals surface area (Å²) in [5.41, 5.74) is 5.24. The molecule has 2 aromatic rings. The molecule has 1 atom stereocenters. The third-order valence-corrected chi connectivity index (χ3v) is 4.14. The Labute approximate surface area is 124 Å². The molecule has 0 aliphatic carbocycles. The van der Waals surface area contributed by atoms with Crippen LogP contribution in [0.2, 0.25) is 0 Å². The van der Waals surface area contributed by atoms with Crippen molar-refractivity contribution in [2.45, 2.75) is 26.3 Å². The lowest BCUT2D eigenvalue weighted by Gasteiger charge is -2.20. The van der Waals surface area contributed by atoms with E-state index in [0.717, 1.165) is 10.9 Å². The number of hydrogen-bond acceptors (Lipinski definition) is 1. The Morgan fingerprint density at radius 2 is 1.95 bits per heavy atom. The smallest absolute Gasteiger partial charge is 0.0585 e. The zero-order valence-corrected chi connectivity index (χ0v) is 13.3. The SMILES string of the molecule is CCc1cccc(C(NC)c2ccc(C)cc2Br)c1. The molecule has 2 heteroatoms. The van der Waals surface area contributed by atoms with Gasteiger partial charge in [-0.2, -0.15) is 0 Å². The van der Waals surface area contributed by atoms with Gasteiger partial charge in [0.05, 0.1) is 6.04 Å². The van der Waals surface area contributed by atoms with E-state index in [0.29, 0.717) is 0 Å². The van der Waals surface area contributed by atoms with Crippen LogP contribution in [0.15, 0.2) is 46.9 Å². The minimum absolute atomic E-state index is 0.224. The van der Waals surface area contributed by atoms with Gasteiger partial charge in [0.15, 0.2) is 0 Å². The van der Waals surface area contributed by atoms with Crippen LogP contribution < -0.4 is 5.32 Å². The molecule has 0 spiro atoms. The van der Waals surface area contributed by atoms with Gasteiger partial charge < -0.3 is 5.32 Å². The van der Waals surface area contributed by atoms with Gasteiger partial charge in [0.2, 0.25) is 0 Å². The maximum Gasteiger partial charge on any atom is 0.0585 e. The van der Waals surface area contributed by atoms with Crippen molar-refractivity contribution in [2.24, 2.45) is 0 Å². The molecule has 19 heavy (non-hydrogen) atoms. The van der Waals surface area contributed by atoms with Crippen LogP contribution in [0.3, 0.4) is 0 Å². The van der Waals surface area contributed by atoms with Crippen LogP contribution in [-0.4, -0.2) is 7.05 Å². The molecule has 0 aromatic heterocycles. The van der Waals surface area contributed by atoms with Crippen molar-refractivity contribution in [3.8, 4) is 0 Å². The Bertz CT molecular complexity index is 563. The summed E-state index contributed by atoms with van der Waals surface area (Å²) in [6, 6.07) is 15.5. The molecule has 100 valence electrons. The number of halogens is 1. The minimum Gasteiger partial charge on any atom is -0.309 e. The molecule has 2 aromatic carbocycles. The Kier molecular flexibility index (Phi) is 4.78. The van der Waals surface area contributed by atoms with Crippen molar-refractivity contribution in [1.29, 1.82) is 0 Å². The molecule has 1 unspecified atom stereocenters. The summed E-state index contributed by atoms with van der Waals surface area (Å²) in [7, 11) is 2.01. The Morgan fingerprint density at radius 3 is 2.58 bits per heavy atom. The lowest BCUT2D eigenvalue weighted by atomic mass is 9.96. The second kappa shape index (κ2) is 6.36. The van der Waals surface area contributed by atoms with Crippen molar-refractivity contribution in [2.75, 3.05) is 7.05 Å². The van der Waals surface area contributed by atoms with Gasteiger partial charge in [-0.15, -0.1) is 0 Å². The predicted molar refractivity (Wildman–Crippen MR) is 85.6 cm³/mol. The second-order valence-corrected chi connectivity index (χ2v) is 5.70. The first-order chi connectivity index (χ1) is 9.15. The summed E-state index contributed by atoms with van der Waals surface area (Å²) >= 11 is 3.68. The van der Waals surface area contributed by atoms with E-state index in [-0.39, 0.29) is 6.04 Å². The van der Waals surface area contributed by atoms with Crippen molar-refractivity contribution in [3.05, 3.63) is 69.2 Å².